The van der Waals surface area contributed by atoms with Crippen molar-refractivity contribution >= 4 is 13.2 Å². The van der Waals surface area contributed by atoms with Crippen LogP contribution in [0.5, 0.6) is 0 Å². The van der Waals surface area contributed by atoms with Crippen molar-refractivity contribution in [3.05, 3.63) is 14.1 Å². The third kappa shape index (κ3) is 110. The Morgan fingerprint density at radius 3 is 1.43 bits per heavy atom. The van der Waals surface area contributed by atoms with E-state index in [-0.39, 0.29) is 40.1 Å². The smallest absolute Gasteiger partial charge is 0 e. The molecule has 0 fully saturated rings. The minimum absolute atomic E-state index is 0. The van der Waals surface area contributed by atoms with Crippen LogP contribution in [0.3, 0.4) is 0 Å². The first-order valence-corrected chi connectivity index (χ1v) is 4.58. The average molecular weight is 193 g/mol. The summed E-state index contributed by atoms with van der Waals surface area (Å²) < 4.78 is 0. The minimum Gasteiger partial charge on any atom is -0.358 e. The molecule has 0 rings (SSSR count). The zero-order valence-electron chi connectivity index (χ0n) is 5.44. The summed E-state index contributed by atoms with van der Waals surface area (Å²) in [7, 11) is 0. The Morgan fingerprint density at radius 1 is 1.43 bits per heavy atom. The molecule has 0 N–H and O–H groups in total. The molecule has 0 spiro atoms. The number of rotatable bonds is 0. The Morgan fingerprint density at radius 2 is 1.43 bits per heavy atom. The topological polar surface area (TPSA) is 0 Å². The Bertz CT molecular complexity index is 54.2. The van der Waals surface area contributed by atoms with Crippen LogP contribution >= 0.6 is 6.89 Å². The van der Waals surface area contributed by atoms with Gasteiger partial charge in [-0.05, 0) is 0 Å². The summed E-state index contributed by atoms with van der Waals surface area (Å²) in [6.45, 7) is 7.03. The number of hydrogen-bond acceptors (Lipinski definition) is 0. The normalized spacial score (nSPS) is 8.43. The molecule has 43 valence electrons. The van der Waals surface area contributed by atoms with E-state index in [2.05, 4.69) is 26.3 Å². The van der Waals surface area contributed by atoms with Gasteiger partial charge in [0.2, 0.25) is 0 Å². The van der Waals surface area contributed by atoms with Crippen LogP contribution in [0.2, 0.25) is 0 Å². The van der Waals surface area contributed by atoms with Gasteiger partial charge in [-0.3, -0.25) is 6.89 Å². The van der Waals surface area contributed by atoms with Gasteiger partial charge in [0.15, 0.2) is 0 Å². The van der Waals surface area contributed by atoms with Gasteiger partial charge in [0.05, 0.1) is 0 Å². The first kappa shape index (κ1) is 15.8. The van der Waals surface area contributed by atoms with Gasteiger partial charge in [-0.1, -0.05) is 13.3 Å². The molecule has 0 unspecified atom stereocenters. The fourth-order valence-electron chi connectivity index (χ4n) is 0. The fourth-order valence-corrected chi connectivity index (χ4v) is 0. The second-order valence-corrected chi connectivity index (χ2v) is 5.81. The molecule has 0 heterocycles. The Balaban J connectivity index is -0.0000000800. The van der Waals surface area contributed by atoms with Crippen molar-refractivity contribution in [2.75, 3.05) is 13.3 Å². The molecular formula is C5H13PY-2. The van der Waals surface area contributed by atoms with Crippen LogP contribution in [0.15, 0.2) is 0 Å². The molecule has 2 heteroatoms. The van der Waals surface area contributed by atoms with E-state index in [0.29, 0.717) is 0 Å². The van der Waals surface area contributed by atoms with Crippen molar-refractivity contribution in [1.82, 2.24) is 0 Å². The molecule has 0 saturated heterocycles. The third-order valence-electron chi connectivity index (χ3n) is 0. The van der Waals surface area contributed by atoms with Crippen LogP contribution in [-0.2, 0) is 32.7 Å². The molecular weight excluding hydrogens is 180 g/mol. The maximum atomic E-state index is 3.77. The summed E-state index contributed by atoms with van der Waals surface area (Å²) in [5, 5.41) is 0. The molecule has 0 aromatic rings. The summed E-state index contributed by atoms with van der Waals surface area (Å²) in [6.07, 6.45) is 3.77. The molecule has 0 amide bonds. The first-order chi connectivity index (χ1) is 2.00. The van der Waals surface area contributed by atoms with E-state index in [1.165, 1.54) is 0 Å². The molecule has 0 aromatic heterocycles. The maximum absolute atomic E-state index is 3.77. The Kier molecular flexibility index (Phi) is 12.5. The van der Waals surface area contributed by atoms with E-state index < -0.39 is 6.89 Å². The van der Waals surface area contributed by atoms with Gasteiger partial charge < -0.3 is 14.1 Å². The van der Waals surface area contributed by atoms with E-state index in [9.17, 15) is 0 Å². The van der Waals surface area contributed by atoms with Gasteiger partial charge in [-0.2, -0.15) is 0 Å². The van der Waals surface area contributed by atoms with Crippen molar-refractivity contribution in [2.24, 2.45) is 0 Å². The molecule has 0 saturated carbocycles. The first-order valence-electron chi connectivity index (χ1n) is 1.53. The third-order valence-corrected chi connectivity index (χ3v) is 0. The van der Waals surface area contributed by atoms with Crippen LogP contribution in [0, 0.1) is 14.1 Å². The fraction of sp³-hybridized carbons (Fsp3) is 0.400. The predicted octanol–water partition coefficient (Wildman–Crippen LogP) is 1.93. The van der Waals surface area contributed by atoms with Gasteiger partial charge in [0.25, 0.3) is 0 Å². The standard InChI is InChI=1S/C4H10P.CH3.Y/c1-5(2,3)4;;/h1-2H2,3-4H3;1H3;/q2*-1;. The molecule has 0 atom stereocenters. The van der Waals surface area contributed by atoms with Gasteiger partial charge in [0.1, 0.15) is 0 Å². The Labute approximate surface area is 72.9 Å². The molecule has 0 aliphatic rings. The zero-order chi connectivity index (χ0) is 4.50. The van der Waals surface area contributed by atoms with Crippen LogP contribution in [0.1, 0.15) is 0 Å². The largest absolute Gasteiger partial charge is 0.358 e. The van der Waals surface area contributed by atoms with E-state index in [1.54, 1.807) is 0 Å². The van der Waals surface area contributed by atoms with Gasteiger partial charge in [-0.25, -0.2) is 0 Å². The molecule has 0 aliphatic carbocycles. The quantitative estimate of drug-likeness (QED) is 0.407. The molecule has 1 radical (unpaired) electrons. The van der Waals surface area contributed by atoms with Crippen molar-refractivity contribution in [3.63, 3.8) is 0 Å². The predicted molar refractivity (Wildman–Crippen MR) is 37.7 cm³/mol. The molecule has 0 bridgehead atoms. The molecule has 0 aliphatic heterocycles. The SMILES string of the molecule is C=P([CH2-])(C)C.[CH3-].[Y]. The van der Waals surface area contributed by atoms with Gasteiger partial charge >= 0.3 is 0 Å². The summed E-state index contributed by atoms with van der Waals surface area (Å²) >= 11 is 0. The number of hydrogen-bond donors (Lipinski definition) is 0. The van der Waals surface area contributed by atoms with Gasteiger partial charge in [0, 0.05) is 32.7 Å². The van der Waals surface area contributed by atoms with Crippen molar-refractivity contribution in [2.45, 2.75) is 0 Å². The summed E-state index contributed by atoms with van der Waals surface area (Å²) in [5.74, 6) is 0. The van der Waals surface area contributed by atoms with Gasteiger partial charge in [-0.15, -0.1) is 6.30 Å². The maximum Gasteiger partial charge on any atom is 0 e. The zero-order valence-corrected chi connectivity index (χ0v) is 9.17. The van der Waals surface area contributed by atoms with Crippen LogP contribution < -0.4 is 0 Å². The average Bonchev–Trinajstić information content (AvgIpc) is 0.722. The minimum atomic E-state index is -0.889. The van der Waals surface area contributed by atoms with E-state index in [1.807, 2.05) is 0 Å². The molecule has 7 heavy (non-hydrogen) atoms. The van der Waals surface area contributed by atoms with Crippen molar-refractivity contribution < 1.29 is 32.7 Å². The second-order valence-electron chi connectivity index (χ2n) is 1.94. The van der Waals surface area contributed by atoms with E-state index in [4.69, 9.17) is 0 Å². The van der Waals surface area contributed by atoms with E-state index in [0.717, 1.165) is 0 Å². The monoisotopic (exact) mass is 193 g/mol. The summed E-state index contributed by atoms with van der Waals surface area (Å²) in [5.41, 5.74) is 0. The van der Waals surface area contributed by atoms with Crippen LogP contribution in [0.4, 0.5) is 0 Å². The Hall–Kier alpha value is 1.40. The molecule has 0 nitrogen and oxygen atoms in total. The van der Waals surface area contributed by atoms with E-state index >= 15 is 0 Å². The van der Waals surface area contributed by atoms with Crippen LogP contribution in [-0.4, -0.2) is 19.6 Å². The molecule has 0 aromatic carbocycles. The van der Waals surface area contributed by atoms with Crippen molar-refractivity contribution in [3.8, 4) is 0 Å². The summed E-state index contributed by atoms with van der Waals surface area (Å²) in [4.78, 5) is 0. The second kappa shape index (κ2) is 5.54. The van der Waals surface area contributed by atoms with Crippen LogP contribution in [0.25, 0.3) is 0 Å². The van der Waals surface area contributed by atoms with Crippen molar-refractivity contribution in [1.29, 1.82) is 0 Å². The summed E-state index contributed by atoms with van der Waals surface area (Å²) in [6, 6.07) is 0.